The maximum absolute atomic E-state index is 11.6. The van der Waals surface area contributed by atoms with Gasteiger partial charge in [-0.2, -0.15) is 0 Å². The molecule has 6 heteroatoms. The van der Waals surface area contributed by atoms with Crippen molar-refractivity contribution in [3.05, 3.63) is 0 Å². The molecule has 86 valence electrons. The summed E-state index contributed by atoms with van der Waals surface area (Å²) in [7, 11) is 0. The van der Waals surface area contributed by atoms with E-state index in [-0.39, 0.29) is 51.4 Å². The molecule has 1 aliphatic heterocycles. The van der Waals surface area contributed by atoms with Crippen molar-refractivity contribution < 1.29 is 70.8 Å². The van der Waals surface area contributed by atoms with E-state index in [9.17, 15) is 14.7 Å². The van der Waals surface area contributed by atoms with Crippen LogP contribution in [0.3, 0.4) is 0 Å². The molecule has 0 saturated carbocycles. The van der Waals surface area contributed by atoms with Crippen molar-refractivity contribution in [3.8, 4) is 0 Å². The fourth-order valence-electron chi connectivity index (χ4n) is 1.55. The third-order valence-electron chi connectivity index (χ3n) is 2.15. The zero-order chi connectivity index (χ0) is 11.6. The minimum Gasteiger partial charge on any atom is -0.548 e. The van der Waals surface area contributed by atoms with Crippen molar-refractivity contribution in [2.75, 3.05) is 6.54 Å². The van der Waals surface area contributed by atoms with Crippen molar-refractivity contribution in [1.82, 2.24) is 4.90 Å². The summed E-state index contributed by atoms with van der Waals surface area (Å²) in [4.78, 5) is 23.5. The molecule has 1 heterocycles. The van der Waals surface area contributed by atoms with Crippen molar-refractivity contribution >= 4 is 12.1 Å². The first kappa shape index (κ1) is 16.4. The van der Waals surface area contributed by atoms with E-state index in [0.717, 1.165) is 0 Å². The number of amides is 1. The molecule has 0 aromatic rings. The van der Waals surface area contributed by atoms with E-state index in [4.69, 9.17) is 4.74 Å². The van der Waals surface area contributed by atoms with E-state index in [1.54, 1.807) is 20.8 Å². The molecular weight excluding hydrogens is 237 g/mol. The Labute approximate surface area is 138 Å². The van der Waals surface area contributed by atoms with Crippen LogP contribution < -0.4 is 56.5 Å². The van der Waals surface area contributed by atoms with Gasteiger partial charge >= 0.3 is 57.5 Å². The van der Waals surface area contributed by atoms with Crippen LogP contribution in [0.2, 0.25) is 0 Å². The minimum atomic E-state index is -1.21. The summed E-state index contributed by atoms with van der Waals surface area (Å²) in [6.45, 7) is 5.66. The molecule has 0 N–H and O–H groups in total. The van der Waals surface area contributed by atoms with Gasteiger partial charge in [0.25, 0.3) is 0 Å². The Morgan fingerprint density at radius 3 is 2.38 bits per heavy atom. The number of ether oxygens (including phenoxy) is 1. The second-order valence-corrected chi connectivity index (χ2v) is 4.65. The van der Waals surface area contributed by atoms with Gasteiger partial charge in [0.15, 0.2) is 0 Å². The molecule has 0 spiro atoms. The van der Waals surface area contributed by atoms with Crippen LogP contribution >= 0.6 is 0 Å². The van der Waals surface area contributed by atoms with Gasteiger partial charge < -0.3 is 14.6 Å². The summed E-state index contributed by atoms with van der Waals surface area (Å²) in [5.74, 6) is -1.21. The summed E-state index contributed by atoms with van der Waals surface area (Å²) < 4.78 is 5.10. The number of likely N-dealkylation sites (tertiary alicyclic amines) is 1. The first-order chi connectivity index (χ1) is 6.81. The molecule has 0 aromatic heterocycles. The summed E-state index contributed by atoms with van der Waals surface area (Å²) >= 11 is 0. The Kier molecular flexibility index (Phi) is 6.50. The molecule has 1 fully saturated rings. The number of aliphatic carboxylic acids is 1. The summed E-state index contributed by atoms with van der Waals surface area (Å²) in [5.41, 5.74) is -0.601. The Bertz CT molecular complexity index is 274. The van der Waals surface area contributed by atoms with Crippen LogP contribution in [0.4, 0.5) is 4.79 Å². The second kappa shape index (κ2) is 6.35. The van der Waals surface area contributed by atoms with Gasteiger partial charge in [-0.05, 0) is 33.6 Å². The van der Waals surface area contributed by atoms with Crippen LogP contribution in [0, 0.1) is 0 Å². The number of carbonyl (C=O) groups excluding carboxylic acids is 2. The number of nitrogens with zero attached hydrogens (tertiary/aromatic N) is 1. The molecule has 1 amide bonds. The van der Waals surface area contributed by atoms with E-state index in [1.807, 2.05) is 0 Å². The Morgan fingerprint density at radius 1 is 1.38 bits per heavy atom. The van der Waals surface area contributed by atoms with E-state index < -0.39 is 23.7 Å². The van der Waals surface area contributed by atoms with Gasteiger partial charge in [0.2, 0.25) is 0 Å². The third-order valence-corrected chi connectivity index (χ3v) is 2.15. The third kappa shape index (κ3) is 4.71. The molecule has 1 rings (SSSR count). The number of rotatable bonds is 1. The number of carboxylic acid groups (broad SMARTS) is 1. The number of hydrogen-bond acceptors (Lipinski definition) is 4. The standard InChI is InChI=1S/C10H17NO4.K/c1-10(2,3)15-9(14)11-6-4-5-7(11)8(12)13;/h7H,4-6H2,1-3H3,(H,12,13);/q;+1/p-1/t7-;/m0./s1. The number of carbonyl (C=O) groups is 2. The molecule has 0 aliphatic carbocycles. The Morgan fingerprint density at radius 2 is 1.94 bits per heavy atom. The van der Waals surface area contributed by atoms with Gasteiger partial charge in [-0.15, -0.1) is 0 Å². The van der Waals surface area contributed by atoms with Crippen LogP contribution in [-0.4, -0.2) is 35.2 Å². The predicted octanol–water partition coefficient (Wildman–Crippen LogP) is -2.86. The van der Waals surface area contributed by atoms with E-state index in [0.29, 0.717) is 19.4 Å². The smallest absolute Gasteiger partial charge is 0.548 e. The van der Waals surface area contributed by atoms with Gasteiger partial charge in [0, 0.05) is 6.54 Å². The topological polar surface area (TPSA) is 69.7 Å². The van der Waals surface area contributed by atoms with Gasteiger partial charge in [0.1, 0.15) is 5.60 Å². The van der Waals surface area contributed by atoms with Crippen LogP contribution in [-0.2, 0) is 9.53 Å². The quantitative estimate of drug-likeness (QED) is 0.471. The second-order valence-electron chi connectivity index (χ2n) is 4.65. The Hall–Kier alpha value is 0.376. The summed E-state index contributed by atoms with van der Waals surface area (Å²) in [5, 5.41) is 10.7. The van der Waals surface area contributed by atoms with Gasteiger partial charge in [-0.25, -0.2) is 4.79 Å². The van der Waals surface area contributed by atoms with Crippen molar-refractivity contribution in [3.63, 3.8) is 0 Å². The molecule has 1 atom stereocenters. The molecule has 1 aliphatic rings. The maximum atomic E-state index is 11.6. The van der Waals surface area contributed by atoms with E-state index in [2.05, 4.69) is 0 Å². The molecule has 1 saturated heterocycles. The summed E-state index contributed by atoms with van der Waals surface area (Å²) in [6.07, 6.45) is 0.550. The fourth-order valence-corrected chi connectivity index (χ4v) is 1.55. The largest absolute Gasteiger partial charge is 1.00 e. The molecule has 0 radical (unpaired) electrons. The van der Waals surface area contributed by atoms with Crippen LogP contribution in [0.1, 0.15) is 33.6 Å². The van der Waals surface area contributed by atoms with Gasteiger partial charge in [0.05, 0.1) is 12.0 Å². The fraction of sp³-hybridized carbons (Fsp3) is 0.800. The zero-order valence-electron chi connectivity index (χ0n) is 10.3. The average molecular weight is 253 g/mol. The molecule has 0 bridgehead atoms. The SMILES string of the molecule is CC(C)(C)OC(=O)N1CCC[C@H]1C(=O)[O-].[K+]. The van der Waals surface area contributed by atoms with Crippen molar-refractivity contribution in [2.24, 2.45) is 0 Å². The minimum absolute atomic E-state index is 0. The van der Waals surface area contributed by atoms with Crippen molar-refractivity contribution in [2.45, 2.75) is 45.3 Å². The van der Waals surface area contributed by atoms with E-state index in [1.165, 1.54) is 4.90 Å². The molecule has 0 unspecified atom stereocenters. The molecule has 0 aromatic carbocycles. The number of hydrogen-bond donors (Lipinski definition) is 0. The molecular formula is C10H16KNO4. The first-order valence-electron chi connectivity index (χ1n) is 5.02. The monoisotopic (exact) mass is 253 g/mol. The van der Waals surface area contributed by atoms with Gasteiger partial charge in [-0.1, -0.05) is 0 Å². The molecule has 5 nitrogen and oxygen atoms in total. The molecule has 16 heavy (non-hydrogen) atoms. The van der Waals surface area contributed by atoms with Crippen molar-refractivity contribution in [1.29, 1.82) is 0 Å². The normalized spacial score (nSPS) is 20.2. The van der Waals surface area contributed by atoms with Gasteiger partial charge in [-0.3, -0.25) is 4.90 Å². The first-order valence-corrected chi connectivity index (χ1v) is 5.02. The maximum Gasteiger partial charge on any atom is 1.00 e. The number of carboxylic acids is 1. The predicted molar refractivity (Wildman–Crippen MR) is 51.0 cm³/mol. The summed E-state index contributed by atoms with van der Waals surface area (Å²) in [6, 6.07) is -0.833. The van der Waals surface area contributed by atoms with Crippen LogP contribution in [0.15, 0.2) is 0 Å². The van der Waals surface area contributed by atoms with Crippen LogP contribution in [0.5, 0.6) is 0 Å². The average Bonchev–Trinajstić information content (AvgIpc) is 2.47. The van der Waals surface area contributed by atoms with Crippen LogP contribution in [0.25, 0.3) is 0 Å². The Balaban J connectivity index is 0.00000225. The van der Waals surface area contributed by atoms with E-state index >= 15 is 0 Å². The zero-order valence-corrected chi connectivity index (χ0v) is 13.4.